The van der Waals surface area contributed by atoms with E-state index in [9.17, 15) is 14.7 Å². The average molecular weight is 727 g/mol. The van der Waals surface area contributed by atoms with Gasteiger partial charge in [0.15, 0.2) is 6.29 Å². The van der Waals surface area contributed by atoms with E-state index in [0.29, 0.717) is 45.4 Å². The molecule has 296 valence electrons. The summed E-state index contributed by atoms with van der Waals surface area (Å²) in [5, 5.41) is 10.4. The summed E-state index contributed by atoms with van der Waals surface area (Å²) in [6.45, 7) is 15.6. The fourth-order valence-electron chi connectivity index (χ4n) is 6.18. The molecule has 0 radical (unpaired) electrons. The Kier molecular flexibility index (Phi) is 36.8. The van der Waals surface area contributed by atoms with E-state index < -0.39 is 6.29 Å². The third-order valence-electron chi connectivity index (χ3n) is 9.52. The van der Waals surface area contributed by atoms with Crippen LogP contribution in [-0.2, 0) is 14.3 Å². The van der Waals surface area contributed by atoms with Crippen molar-refractivity contribution < 1.29 is 24.2 Å². The number of aliphatic hydroxyl groups excluding tert-OH is 1. The molecule has 1 atom stereocenters. The minimum atomic E-state index is -0.844. The Balaban J connectivity index is 4.88. The standard InChI is InChI=1S/C42H82N2O5S/c1-6-11-14-17-20-23-26-37-48-40(45)32-27-35-44(42(47)50-38-29-34-43(9-4)10-5)36-28-33-41(46)49-39(30-24-21-18-15-12-7-2)31-25-22-19-16-13-8-3/h23,26,39-40,45H,6-22,24-25,27-38H2,1-5H3/b26-23-. The topological polar surface area (TPSA) is 79.3 Å². The van der Waals surface area contributed by atoms with Crippen molar-refractivity contribution in [1.82, 2.24) is 9.80 Å². The molecule has 0 aromatic rings. The van der Waals surface area contributed by atoms with Gasteiger partial charge in [-0.1, -0.05) is 142 Å². The first kappa shape index (κ1) is 48.9. The van der Waals surface area contributed by atoms with Gasteiger partial charge in [-0.2, -0.15) is 0 Å². The zero-order valence-corrected chi connectivity index (χ0v) is 34.4. The van der Waals surface area contributed by atoms with Gasteiger partial charge in [-0.25, -0.2) is 0 Å². The normalized spacial score (nSPS) is 12.4. The fraction of sp³-hybridized carbons (Fsp3) is 0.905. The van der Waals surface area contributed by atoms with Crippen LogP contribution in [0.3, 0.4) is 0 Å². The van der Waals surface area contributed by atoms with E-state index in [-0.39, 0.29) is 17.3 Å². The Morgan fingerprint density at radius 2 is 1.20 bits per heavy atom. The molecule has 0 bridgehead atoms. The molecular weight excluding hydrogens is 645 g/mol. The Morgan fingerprint density at radius 3 is 1.80 bits per heavy atom. The Hall–Kier alpha value is -1.09. The summed E-state index contributed by atoms with van der Waals surface area (Å²) in [7, 11) is 0. The van der Waals surface area contributed by atoms with E-state index >= 15 is 0 Å². The highest BCUT2D eigenvalue weighted by atomic mass is 32.2. The molecule has 0 aliphatic carbocycles. The van der Waals surface area contributed by atoms with Crippen LogP contribution in [0, 0.1) is 0 Å². The van der Waals surface area contributed by atoms with Crippen molar-refractivity contribution in [3.05, 3.63) is 12.2 Å². The van der Waals surface area contributed by atoms with Crippen molar-refractivity contribution >= 4 is 23.0 Å². The van der Waals surface area contributed by atoms with Crippen molar-refractivity contribution in [1.29, 1.82) is 0 Å². The Morgan fingerprint density at radius 1 is 0.640 bits per heavy atom. The Bertz CT molecular complexity index is 763. The zero-order chi connectivity index (χ0) is 36.9. The van der Waals surface area contributed by atoms with Crippen LogP contribution in [0.5, 0.6) is 0 Å². The zero-order valence-electron chi connectivity index (χ0n) is 33.6. The monoisotopic (exact) mass is 727 g/mol. The summed E-state index contributed by atoms with van der Waals surface area (Å²) in [4.78, 5) is 30.5. The maximum atomic E-state index is 13.3. The van der Waals surface area contributed by atoms with Gasteiger partial charge in [0.05, 0.1) is 6.61 Å². The van der Waals surface area contributed by atoms with E-state index in [1.165, 1.54) is 102 Å². The summed E-state index contributed by atoms with van der Waals surface area (Å²) >= 11 is 1.38. The van der Waals surface area contributed by atoms with Crippen LogP contribution in [0.25, 0.3) is 0 Å². The predicted molar refractivity (Wildman–Crippen MR) is 216 cm³/mol. The van der Waals surface area contributed by atoms with Crippen LogP contribution in [0.4, 0.5) is 4.79 Å². The molecular formula is C42H82N2O5S. The van der Waals surface area contributed by atoms with Gasteiger partial charge >= 0.3 is 5.97 Å². The number of esters is 1. The lowest BCUT2D eigenvalue weighted by Crippen LogP contribution is -2.31. The maximum absolute atomic E-state index is 13.3. The highest BCUT2D eigenvalue weighted by Crippen LogP contribution is 2.19. The molecule has 0 fully saturated rings. The third-order valence-corrected chi connectivity index (χ3v) is 10.5. The average Bonchev–Trinajstić information content (AvgIpc) is 3.11. The summed E-state index contributed by atoms with van der Waals surface area (Å²) < 4.78 is 11.6. The number of amides is 1. The Labute approximate surface area is 314 Å². The molecule has 50 heavy (non-hydrogen) atoms. The first-order chi connectivity index (χ1) is 24.4. The van der Waals surface area contributed by atoms with Crippen LogP contribution < -0.4 is 0 Å². The molecule has 0 saturated carbocycles. The smallest absolute Gasteiger partial charge is 0.306 e. The fourth-order valence-corrected chi connectivity index (χ4v) is 6.99. The van der Waals surface area contributed by atoms with Crippen molar-refractivity contribution in [2.45, 2.75) is 201 Å². The second-order valence-corrected chi connectivity index (χ2v) is 15.1. The molecule has 0 aliphatic rings. The number of nitrogens with zero attached hydrogens (tertiary/aromatic N) is 2. The number of hydrogen-bond donors (Lipinski definition) is 1. The number of ether oxygens (including phenoxy) is 2. The van der Waals surface area contributed by atoms with Crippen molar-refractivity contribution in [3.63, 3.8) is 0 Å². The molecule has 8 heteroatoms. The molecule has 0 aliphatic heterocycles. The van der Waals surface area contributed by atoms with Gasteiger partial charge in [-0.15, -0.1) is 0 Å². The van der Waals surface area contributed by atoms with Gasteiger partial charge in [0.2, 0.25) is 0 Å². The minimum absolute atomic E-state index is 0.0105. The second-order valence-electron chi connectivity index (χ2n) is 14.1. The molecule has 0 aromatic heterocycles. The van der Waals surface area contributed by atoms with Gasteiger partial charge in [0, 0.05) is 25.3 Å². The number of allylic oxidation sites excluding steroid dienone is 1. The number of aliphatic hydroxyl groups is 1. The van der Waals surface area contributed by atoms with Gasteiger partial charge in [-0.3, -0.25) is 9.59 Å². The number of carbonyl (C=O) groups excluding carboxylic acids is 2. The lowest BCUT2D eigenvalue weighted by atomic mass is 10.0. The van der Waals surface area contributed by atoms with E-state index in [2.05, 4.69) is 45.6 Å². The molecule has 0 heterocycles. The summed E-state index contributed by atoms with van der Waals surface area (Å²) in [5.41, 5.74) is 0. The van der Waals surface area contributed by atoms with E-state index in [0.717, 1.165) is 63.9 Å². The van der Waals surface area contributed by atoms with Crippen LogP contribution >= 0.6 is 11.8 Å². The molecule has 0 aromatic carbocycles. The van der Waals surface area contributed by atoms with Crippen LogP contribution in [0.2, 0.25) is 0 Å². The van der Waals surface area contributed by atoms with E-state index in [4.69, 9.17) is 9.47 Å². The number of thioether (sulfide) groups is 1. The van der Waals surface area contributed by atoms with Gasteiger partial charge in [0.25, 0.3) is 5.24 Å². The van der Waals surface area contributed by atoms with Crippen LogP contribution in [-0.4, -0.2) is 83.6 Å². The maximum Gasteiger partial charge on any atom is 0.306 e. The number of hydrogen-bond acceptors (Lipinski definition) is 7. The van der Waals surface area contributed by atoms with E-state index in [1.54, 1.807) is 0 Å². The SMILES string of the molecule is CCCCCC/C=C\COC(O)CCCN(CCCC(=O)OC(CCCCCCCC)CCCCCCCC)C(=O)SCCCN(CC)CC. The van der Waals surface area contributed by atoms with Gasteiger partial charge < -0.3 is 24.4 Å². The molecule has 1 amide bonds. The molecule has 7 nitrogen and oxygen atoms in total. The summed E-state index contributed by atoms with van der Waals surface area (Å²) in [5.74, 6) is 0.650. The third kappa shape index (κ3) is 31.6. The summed E-state index contributed by atoms with van der Waals surface area (Å²) in [6.07, 6.45) is 29.1. The molecule has 1 unspecified atom stereocenters. The second kappa shape index (κ2) is 37.7. The molecule has 1 N–H and O–H groups in total. The lowest BCUT2D eigenvalue weighted by Gasteiger charge is -2.24. The molecule has 0 rings (SSSR count). The van der Waals surface area contributed by atoms with Crippen LogP contribution in [0.1, 0.15) is 189 Å². The first-order valence-electron chi connectivity index (χ1n) is 21.2. The first-order valence-corrected chi connectivity index (χ1v) is 22.2. The highest BCUT2D eigenvalue weighted by molar-refractivity contribution is 8.13. The van der Waals surface area contributed by atoms with Crippen molar-refractivity contribution in [2.24, 2.45) is 0 Å². The van der Waals surface area contributed by atoms with Crippen LogP contribution in [0.15, 0.2) is 12.2 Å². The lowest BCUT2D eigenvalue weighted by molar-refractivity contribution is -0.150. The van der Waals surface area contributed by atoms with Gasteiger partial charge in [0.1, 0.15) is 6.10 Å². The van der Waals surface area contributed by atoms with E-state index in [1.807, 2.05) is 11.0 Å². The highest BCUT2D eigenvalue weighted by Gasteiger charge is 2.18. The number of rotatable bonds is 37. The number of unbranched alkanes of at least 4 members (excludes halogenated alkanes) is 14. The summed E-state index contributed by atoms with van der Waals surface area (Å²) in [6, 6.07) is 0. The molecule has 0 saturated heterocycles. The molecule has 0 spiro atoms. The number of carbonyl (C=O) groups is 2. The van der Waals surface area contributed by atoms with Gasteiger partial charge in [-0.05, 0) is 83.8 Å². The van der Waals surface area contributed by atoms with Crippen molar-refractivity contribution in [2.75, 3.05) is 45.1 Å². The quantitative estimate of drug-likeness (QED) is 0.0295. The van der Waals surface area contributed by atoms with Crippen molar-refractivity contribution in [3.8, 4) is 0 Å². The minimum Gasteiger partial charge on any atom is -0.462 e. The predicted octanol–water partition coefficient (Wildman–Crippen LogP) is 11.7. The largest absolute Gasteiger partial charge is 0.462 e.